The molecule has 0 amide bonds. The summed E-state index contributed by atoms with van der Waals surface area (Å²) in [6.45, 7) is 3.49. The Hall–Kier alpha value is -0.0800. The molecule has 4 bridgehead atoms. The number of hydrogen-bond acceptors (Lipinski definition) is 2. The van der Waals surface area contributed by atoms with E-state index in [2.05, 4.69) is 31.2 Å². The predicted molar refractivity (Wildman–Crippen MR) is 72.0 cm³/mol. The first kappa shape index (κ1) is 12.0. The van der Waals surface area contributed by atoms with E-state index >= 15 is 0 Å². The molecule has 0 aromatic carbocycles. The second-order valence-corrected chi connectivity index (χ2v) is 7.18. The lowest BCUT2D eigenvalue weighted by Gasteiger charge is -2.54. The van der Waals surface area contributed by atoms with Crippen molar-refractivity contribution in [2.24, 2.45) is 23.7 Å². The molecule has 4 rings (SSSR count). The van der Waals surface area contributed by atoms with E-state index in [0.29, 0.717) is 6.04 Å². The van der Waals surface area contributed by atoms with Crippen LogP contribution in [0.15, 0.2) is 0 Å². The van der Waals surface area contributed by atoms with Gasteiger partial charge in [0, 0.05) is 18.6 Å². The lowest BCUT2D eigenvalue weighted by atomic mass is 9.54. The van der Waals surface area contributed by atoms with Crippen molar-refractivity contribution in [3.05, 3.63) is 0 Å². The summed E-state index contributed by atoms with van der Waals surface area (Å²) in [4.78, 5) is 2.32. The minimum absolute atomic E-state index is 0.659. The molecule has 0 spiro atoms. The number of nitrogens with one attached hydrogen (secondary N) is 1. The summed E-state index contributed by atoms with van der Waals surface area (Å²) in [7, 11) is 4.37. The maximum absolute atomic E-state index is 3.90. The van der Waals surface area contributed by atoms with E-state index in [1.807, 2.05) is 0 Å². The fourth-order valence-electron chi connectivity index (χ4n) is 4.75. The molecule has 1 unspecified atom stereocenters. The number of hydrogen-bond donors (Lipinski definition) is 1. The summed E-state index contributed by atoms with van der Waals surface area (Å²) in [5, 5.41) is 3.90. The SMILES string of the molecule is CC(CNC1C2CC3CC(C2)CC1C3)N(C)C. The van der Waals surface area contributed by atoms with Gasteiger partial charge in [0.15, 0.2) is 0 Å². The van der Waals surface area contributed by atoms with Crippen molar-refractivity contribution in [3.63, 3.8) is 0 Å². The summed E-state index contributed by atoms with van der Waals surface area (Å²) < 4.78 is 0. The summed E-state index contributed by atoms with van der Waals surface area (Å²) >= 11 is 0. The topological polar surface area (TPSA) is 15.3 Å². The Morgan fingerprint density at radius 3 is 2.00 bits per heavy atom. The van der Waals surface area contributed by atoms with Crippen LogP contribution >= 0.6 is 0 Å². The Morgan fingerprint density at radius 2 is 1.53 bits per heavy atom. The fourth-order valence-corrected chi connectivity index (χ4v) is 4.75. The molecule has 0 heterocycles. The zero-order chi connectivity index (χ0) is 12.0. The maximum atomic E-state index is 3.90. The minimum Gasteiger partial charge on any atom is -0.312 e. The molecule has 1 N–H and O–H groups in total. The van der Waals surface area contributed by atoms with Crippen molar-refractivity contribution in [1.29, 1.82) is 0 Å². The second-order valence-electron chi connectivity index (χ2n) is 7.18. The van der Waals surface area contributed by atoms with Gasteiger partial charge in [-0.15, -0.1) is 0 Å². The van der Waals surface area contributed by atoms with Crippen molar-refractivity contribution < 1.29 is 0 Å². The molecule has 2 heteroatoms. The molecular weight excluding hydrogens is 208 g/mol. The highest BCUT2D eigenvalue weighted by Crippen LogP contribution is 2.53. The Morgan fingerprint density at radius 1 is 1.00 bits per heavy atom. The van der Waals surface area contributed by atoms with Crippen LogP contribution < -0.4 is 5.32 Å². The maximum Gasteiger partial charge on any atom is 0.0186 e. The molecule has 0 saturated heterocycles. The van der Waals surface area contributed by atoms with E-state index in [1.165, 1.54) is 32.2 Å². The van der Waals surface area contributed by atoms with E-state index in [1.54, 1.807) is 6.42 Å². The Balaban J connectivity index is 1.57. The van der Waals surface area contributed by atoms with Crippen LogP contribution in [0.5, 0.6) is 0 Å². The van der Waals surface area contributed by atoms with Crippen LogP contribution in [0.1, 0.15) is 39.0 Å². The quantitative estimate of drug-likeness (QED) is 0.806. The summed E-state index contributed by atoms with van der Waals surface area (Å²) in [6, 6.07) is 1.51. The van der Waals surface area contributed by atoms with Crippen LogP contribution in [0, 0.1) is 23.7 Å². The van der Waals surface area contributed by atoms with Gasteiger partial charge >= 0.3 is 0 Å². The zero-order valence-corrected chi connectivity index (χ0v) is 11.7. The summed E-state index contributed by atoms with van der Waals surface area (Å²) in [5.41, 5.74) is 0. The van der Waals surface area contributed by atoms with E-state index < -0.39 is 0 Å². The molecule has 4 saturated carbocycles. The Kier molecular flexibility index (Phi) is 3.20. The van der Waals surface area contributed by atoms with Gasteiger partial charge in [-0.3, -0.25) is 0 Å². The molecule has 0 aromatic rings. The predicted octanol–water partition coefficient (Wildman–Crippen LogP) is 2.35. The van der Waals surface area contributed by atoms with Gasteiger partial charge in [-0.25, -0.2) is 0 Å². The van der Waals surface area contributed by atoms with Gasteiger partial charge in [-0.2, -0.15) is 0 Å². The summed E-state index contributed by atoms with van der Waals surface area (Å²) in [5.74, 6) is 4.23. The molecule has 98 valence electrons. The number of rotatable bonds is 4. The van der Waals surface area contributed by atoms with Gasteiger partial charge in [0.05, 0.1) is 0 Å². The van der Waals surface area contributed by atoms with Gasteiger partial charge in [0.25, 0.3) is 0 Å². The second kappa shape index (κ2) is 4.55. The van der Waals surface area contributed by atoms with Crippen molar-refractivity contribution in [1.82, 2.24) is 10.2 Å². The molecule has 0 aliphatic heterocycles. The van der Waals surface area contributed by atoms with Crippen molar-refractivity contribution >= 4 is 0 Å². The zero-order valence-electron chi connectivity index (χ0n) is 11.7. The van der Waals surface area contributed by atoms with Gasteiger partial charge in [-0.05, 0) is 76.8 Å². The molecule has 17 heavy (non-hydrogen) atoms. The molecule has 0 radical (unpaired) electrons. The number of nitrogens with zero attached hydrogens (tertiary/aromatic N) is 1. The van der Waals surface area contributed by atoms with Gasteiger partial charge < -0.3 is 10.2 Å². The third-order valence-electron chi connectivity index (χ3n) is 5.76. The van der Waals surface area contributed by atoms with E-state index in [9.17, 15) is 0 Å². The first-order valence-corrected chi connectivity index (χ1v) is 7.53. The van der Waals surface area contributed by atoms with Crippen LogP contribution in [-0.2, 0) is 0 Å². The van der Waals surface area contributed by atoms with E-state index in [0.717, 1.165) is 29.7 Å². The van der Waals surface area contributed by atoms with Crippen LogP contribution in [0.3, 0.4) is 0 Å². The van der Waals surface area contributed by atoms with E-state index in [-0.39, 0.29) is 0 Å². The minimum atomic E-state index is 0.659. The van der Waals surface area contributed by atoms with Crippen molar-refractivity contribution in [2.75, 3.05) is 20.6 Å². The smallest absolute Gasteiger partial charge is 0.0186 e. The van der Waals surface area contributed by atoms with Crippen LogP contribution in [-0.4, -0.2) is 37.6 Å². The molecular formula is C15H28N2. The first-order chi connectivity index (χ1) is 8.13. The average Bonchev–Trinajstić information content (AvgIpc) is 2.26. The highest BCUT2D eigenvalue weighted by Gasteiger charge is 2.47. The van der Waals surface area contributed by atoms with Gasteiger partial charge in [-0.1, -0.05) is 0 Å². The Bertz CT molecular complexity index is 246. The first-order valence-electron chi connectivity index (χ1n) is 7.53. The normalized spacial score (nSPS) is 45.5. The fraction of sp³-hybridized carbons (Fsp3) is 1.00. The van der Waals surface area contributed by atoms with E-state index in [4.69, 9.17) is 0 Å². The van der Waals surface area contributed by atoms with Gasteiger partial charge in [0.1, 0.15) is 0 Å². The van der Waals surface area contributed by atoms with Crippen LogP contribution in [0.25, 0.3) is 0 Å². The van der Waals surface area contributed by atoms with Crippen LogP contribution in [0.4, 0.5) is 0 Å². The average molecular weight is 236 g/mol. The molecule has 1 atom stereocenters. The van der Waals surface area contributed by atoms with Crippen molar-refractivity contribution in [2.45, 2.75) is 51.1 Å². The third-order valence-corrected chi connectivity index (χ3v) is 5.76. The highest BCUT2D eigenvalue weighted by atomic mass is 15.1. The number of likely N-dealkylation sites (N-methyl/N-ethyl adjacent to an activating group) is 1. The lowest BCUT2D eigenvalue weighted by Crippen LogP contribution is -2.56. The molecule has 4 aliphatic carbocycles. The molecule has 2 nitrogen and oxygen atoms in total. The van der Waals surface area contributed by atoms with Crippen LogP contribution in [0.2, 0.25) is 0 Å². The highest BCUT2D eigenvalue weighted by molar-refractivity contribution is 5.01. The monoisotopic (exact) mass is 236 g/mol. The standard InChI is InChI=1S/C15H28N2/c1-10(17(2)3)9-16-15-13-5-11-4-12(7-13)8-14(15)6-11/h10-16H,4-9H2,1-3H3. The lowest BCUT2D eigenvalue weighted by molar-refractivity contribution is -0.0150. The molecule has 4 fully saturated rings. The van der Waals surface area contributed by atoms with Gasteiger partial charge in [0.2, 0.25) is 0 Å². The largest absolute Gasteiger partial charge is 0.312 e. The molecule has 0 aromatic heterocycles. The van der Waals surface area contributed by atoms with Crippen molar-refractivity contribution in [3.8, 4) is 0 Å². The third kappa shape index (κ3) is 2.26. The molecule has 4 aliphatic rings. The summed E-state index contributed by atoms with van der Waals surface area (Å²) in [6.07, 6.45) is 7.68. The Labute approximate surface area is 106 Å².